The van der Waals surface area contributed by atoms with Crippen LogP contribution < -0.4 is 0 Å². The molecule has 0 spiro atoms. The van der Waals surface area contributed by atoms with Crippen molar-refractivity contribution in [1.29, 1.82) is 0 Å². The Hall–Kier alpha value is -1.39. The van der Waals surface area contributed by atoms with Crippen LogP contribution in [0, 0.1) is 0 Å². The Balaban J connectivity index is 2.14. The quantitative estimate of drug-likeness (QED) is 0.805. The molecular weight excluding hydrogens is 241 g/mol. The normalized spacial score (nSPS) is 16.6. The van der Waals surface area contributed by atoms with Crippen molar-refractivity contribution >= 4 is 13.8 Å². The average molecular weight is 253 g/mol. The van der Waals surface area contributed by atoms with Crippen LogP contribution in [0.1, 0.15) is 5.56 Å². The highest BCUT2D eigenvalue weighted by molar-refractivity contribution is 7.49. The van der Waals surface area contributed by atoms with Crippen LogP contribution in [-0.4, -0.2) is 21.2 Å². The second-order valence-electron chi connectivity index (χ2n) is 3.45. The van der Waals surface area contributed by atoms with Crippen LogP contribution in [-0.2, 0) is 9.40 Å². The number of benzene rings is 1. The number of hydrogen-bond acceptors (Lipinski definition) is 2. The molecule has 90 valence electrons. The van der Waals surface area contributed by atoms with E-state index in [2.05, 4.69) is 0 Å². The lowest BCUT2D eigenvalue weighted by molar-refractivity contribution is -0.0410. The first-order chi connectivity index (χ1) is 8.07. The number of hydroxylamine groups is 1. The number of allylic oxidation sites excluding steroid dienone is 1. The van der Waals surface area contributed by atoms with E-state index in [-0.39, 0.29) is 6.61 Å². The van der Waals surface area contributed by atoms with Gasteiger partial charge in [-0.05, 0) is 17.7 Å². The van der Waals surface area contributed by atoms with Gasteiger partial charge in [-0.3, -0.25) is 4.84 Å². The van der Waals surface area contributed by atoms with Crippen LogP contribution in [0.25, 0.3) is 6.08 Å². The van der Waals surface area contributed by atoms with E-state index in [0.29, 0.717) is 10.5 Å². The zero-order valence-electron chi connectivity index (χ0n) is 8.93. The first-order valence-electron chi connectivity index (χ1n) is 5.00. The minimum absolute atomic E-state index is 0.166. The first-order valence-corrected chi connectivity index (χ1v) is 6.56. The molecule has 0 fully saturated rings. The first kappa shape index (κ1) is 12.1. The van der Waals surface area contributed by atoms with Gasteiger partial charge in [-0.25, -0.2) is 4.57 Å². The Morgan fingerprint density at radius 3 is 2.59 bits per heavy atom. The molecule has 0 bridgehead atoms. The fourth-order valence-electron chi connectivity index (χ4n) is 1.45. The van der Waals surface area contributed by atoms with Crippen LogP contribution in [0.15, 0.2) is 48.2 Å². The largest absolute Gasteiger partial charge is 0.453 e. The lowest BCUT2D eigenvalue weighted by atomic mass is 10.2. The van der Waals surface area contributed by atoms with Gasteiger partial charge in [0.05, 0.1) is 12.3 Å². The molecule has 1 heterocycles. The zero-order valence-corrected chi connectivity index (χ0v) is 9.83. The molecule has 17 heavy (non-hydrogen) atoms. The van der Waals surface area contributed by atoms with Crippen LogP contribution in [0.5, 0.6) is 0 Å². The standard InChI is InChI=1S/C11H12NO4P/c13-17(14,15)12-11(8-9-16-12)7-6-10-4-2-1-3-5-10/h1-8H,9H2,(H2,13,14,15). The van der Waals surface area contributed by atoms with E-state index >= 15 is 0 Å². The molecule has 6 heteroatoms. The van der Waals surface area contributed by atoms with Gasteiger partial charge in [0.1, 0.15) is 0 Å². The molecule has 2 rings (SSSR count). The summed E-state index contributed by atoms with van der Waals surface area (Å²) in [4.78, 5) is 23.5. The van der Waals surface area contributed by atoms with Crippen LogP contribution >= 0.6 is 7.75 Å². The zero-order chi connectivity index (χ0) is 12.3. The molecule has 0 saturated heterocycles. The summed E-state index contributed by atoms with van der Waals surface area (Å²) in [6.07, 6.45) is 4.99. The summed E-state index contributed by atoms with van der Waals surface area (Å²) < 4.78 is 11.1. The highest BCUT2D eigenvalue weighted by Crippen LogP contribution is 2.45. The van der Waals surface area contributed by atoms with Crippen molar-refractivity contribution in [2.45, 2.75) is 0 Å². The Bertz CT molecular complexity index is 491. The van der Waals surface area contributed by atoms with Gasteiger partial charge in [0, 0.05) is 0 Å². The maximum absolute atomic E-state index is 11.1. The minimum Gasteiger partial charge on any atom is -0.307 e. The summed E-state index contributed by atoms with van der Waals surface area (Å²) in [5, 5.41) is 0. The molecule has 0 saturated carbocycles. The topological polar surface area (TPSA) is 70.0 Å². The van der Waals surface area contributed by atoms with Gasteiger partial charge in [-0.1, -0.05) is 36.4 Å². The third-order valence-electron chi connectivity index (χ3n) is 2.19. The summed E-state index contributed by atoms with van der Waals surface area (Å²) >= 11 is 0. The molecule has 0 aromatic heterocycles. The third kappa shape index (κ3) is 3.05. The predicted octanol–water partition coefficient (Wildman–Crippen LogP) is 1.92. The number of rotatable bonds is 3. The van der Waals surface area contributed by atoms with Gasteiger partial charge in [0.2, 0.25) is 0 Å². The van der Waals surface area contributed by atoms with Crippen molar-refractivity contribution in [3.63, 3.8) is 0 Å². The van der Waals surface area contributed by atoms with Gasteiger partial charge < -0.3 is 9.79 Å². The van der Waals surface area contributed by atoms with Crippen molar-refractivity contribution in [3.05, 3.63) is 53.7 Å². The summed E-state index contributed by atoms with van der Waals surface area (Å²) in [6, 6.07) is 9.47. The average Bonchev–Trinajstić information content (AvgIpc) is 2.75. The molecule has 0 unspecified atom stereocenters. The predicted molar refractivity (Wildman–Crippen MR) is 63.4 cm³/mol. The van der Waals surface area contributed by atoms with Crippen molar-refractivity contribution < 1.29 is 19.2 Å². The molecule has 0 aliphatic carbocycles. The van der Waals surface area contributed by atoms with Crippen molar-refractivity contribution in [2.24, 2.45) is 0 Å². The molecule has 2 N–H and O–H groups in total. The lowest BCUT2D eigenvalue weighted by Crippen LogP contribution is -2.13. The summed E-state index contributed by atoms with van der Waals surface area (Å²) in [7, 11) is -4.40. The Kier molecular flexibility index (Phi) is 3.45. The van der Waals surface area contributed by atoms with Crippen molar-refractivity contribution in [3.8, 4) is 0 Å². The van der Waals surface area contributed by atoms with Crippen molar-refractivity contribution in [1.82, 2.24) is 4.83 Å². The van der Waals surface area contributed by atoms with E-state index in [9.17, 15) is 4.57 Å². The van der Waals surface area contributed by atoms with E-state index in [1.807, 2.05) is 30.3 Å². The monoisotopic (exact) mass is 253 g/mol. The Labute approximate surface area is 98.8 Å². The fraction of sp³-hybridized carbons (Fsp3) is 0.0909. The number of nitrogens with zero attached hydrogens (tertiary/aromatic N) is 1. The van der Waals surface area contributed by atoms with E-state index < -0.39 is 7.75 Å². The van der Waals surface area contributed by atoms with Gasteiger partial charge in [-0.2, -0.15) is 4.83 Å². The molecule has 1 aromatic rings. The summed E-state index contributed by atoms with van der Waals surface area (Å²) in [5.41, 5.74) is 1.31. The van der Waals surface area contributed by atoms with Gasteiger partial charge in [-0.15, -0.1) is 0 Å². The van der Waals surface area contributed by atoms with Gasteiger partial charge in [0.15, 0.2) is 0 Å². The summed E-state index contributed by atoms with van der Waals surface area (Å²) in [6.45, 7) is 0.166. The molecule has 1 aromatic carbocycles. The molecular formula is C11H12NO4P. The van der Waals surface area contributed by atoms with E-state index in [0.717, 1.165) is 5.56 Å². The minimum atomic E-state index is -4.40. The van der Waals surface area contributed by atoms with Crippen LogP contribution in [0.3, 0.4) is 0 Å². The highest BCUT2D eigenvalue weighted by atomic mass is 31.2. The molecule has 0 atom stereocenters. The third-order valence-corrected chi connectivity index (χ3v) is 3.01. The lowest BCUT2D eigenvalue weighted by Gasteiger charge is -2.18. The molecule has 0 radical (unpaired) electrons. The number of hydrogen-bond donors (Lipinski definition) is 2. The van der Waals surface area contributed by atoms with E-state index in [1.165, 1.54) is 0 Å². The smallest absolute Gasteiger partial charge is 0.307 e. The SMILES string of the molecule is O=P(O)(O)N1OCC=C1C=Cc1ccccc1. The van der Waals surface area contributed by atoms with E-state index in [1.54, 1.807) is 18.2 Å². The maximum atomic E-state index is 11.1. The fourth-order valence-corrected chi connectivity index (χ4v) is 2.12. The van der Waals surface area contributed by atoms with Crippen molar-refractivity contribution in [2.75, 3.05) is 6.61 Å². The maximum Gasteiger partial charge on any atom is 0.453 e. The molecule has 1 aliphatic rings. The van der Waals surface area contributed by atoms with Crippen LogP contribution in [0.2, 0.25) is 0 Å². The van der Waals surface area contributed by atoms with Crippen LogP contribution in [0.4, 0.5) is 0 Å². The molecule has 0 amide bonds. The van der Waals surface area contributed by atoms with E-state index in [4.69, 9.17) is 14.6 Å². The van der Waals surface area contributed by atoms with Gasteiger partial charge in [0.25, 0.3) is 0 Å². The highest BCUT2D eigenvalue weighted by Gasteiger charge is 2.30. The Morgan fingerprint density at radius 1 is 1.24 bits per heavy atom. The Morgan fingerprint density at radius 2 is 1.94 bits per heavy atom. The summed E-state index contributed by atoms with van der Waals surface area (Å²) in [5.74, 6) is 0. The molecule has 1 aliphatic heterocycles. The second kappa shape index (κ2) is 4.85. The molecule has 5 nitrogen and oxygen atoms in total. The van der Waals surface area contributed by atoms with Gasteiger partial charge >= 0.3 is 7.75 Å². The second-order valence-corrected chi connectivity index (χ2v) is 4.84.